The second-order valence-corrected chi connectivity index (χ2v) is 8.12. The summed E-state index contributed by atoms with van der Waals surface area (Å²) in [7, 11) is 0. The molecule has 0 aromatic heterocycles. The molecule has 1 aliphatic heterocycles. The zero-order valence-corrected chi connectivity index (χ0v) is 16.7. The molecule has 2 fully saturated rings. The quantitative estimate of drug-likeness (QED) is 0.800. The van der Waals surface area contributed by atoms with E-state index in [4.69, 9.17) is 16.3 Å². The summed E-state index contributed by atoms with van der Waals surface area (Å²) < 4.78 is 6.30. The van der Waals surface area contributed by atoms with Crippen LogP contribution in [0, 0.1) is 6.92 Å². The Morgan fingerprint density at radius 1 is 1.15 bits per heavy atom. The van der Waals surface area contributed by atoms with Crippen molar-refractivity contribution in [3.8, 4) is 0 Å². The monoisotopic (exact) mass is 378 g/mol. The SMILES string of the molecule is Cc1c(Cl)cccc1NC(=O)C(C)N1CCC(OC2CCCCC2)CC1. The summed E-state index contributed by atoms with van der Waals surface area (Å²) in [5, 5.41) is 3.71. The Balaban J connectivity index is 1.47. The molecule has 5 heteroatoms. The molecule has 1 N–H and O–H groups in total. The smallest absolute Gasteiger partial charge is 0.241 e. The third-order valence-corrected chi connectivity index (χ3v) is 6.28. The molecule has 1 amide bonds. The third-order valence-electron chi connectivity index (χ3n) is 5.87. The van der Waals surface area contributed by atoms with Crippen molar-refractivity contribution in [2.75, 3.05) is 18.4 Å². The fraction of sp³-hybridized carbons (Fsp3) is 0.667. The molecule has 2 aliphatic rings. The first-order valence-electron chi connectivity index (χ1n) is 10.00. The Kier molecular flexibility index (Phi) is 6.96. The van der Waals surface area contributed by atoms with E-state index in [0.29, 0.717) is 17.2 Å². The molecule has 1 aromatic rings. The highest BCUT2D eigenvalue weighted by atomic mass is 35.5. The van der Waals surface area contributed by atoms with Gasteiger partial charge in [-0.05, 0) is 57.2 Å². The van der Waals surface area contributed by atoms with Crippen LogP contribution in [0.3, 0.4) is 0 Å². The van der Waals surface area contributed by atoms with Crippen molar-refractivity contribution in [3.05, 3.63) is 28.8 Å². The zero-order valence-electron chi connectivity index (χ0n) is 16.0. The maximum atomic E-state index is 12.6. The molecule has 0 spiro atoms. The van der Waals surface area contributed by atoms with E-state index in [1.54, 1.807) is 0 Å². The van der Waals surface area contributed by atoms with Crippen LogP contribution >= 0.6 is 11.6 Å². The fourth-order valence-corrected chi connectivity index (χ4v) is 4.19. The fourth-order valence-electron chi connectivity index (χ4n) is 4.02. The van der Waals surface area contributed by atoms with E-state index in [9.17, 15) is 4.79 Å². The van der Waals surface area contributed by atoms with Gasteiger partial charge in [0, 0.05) is 23.8 Å². The lowest BCUT2D eigenvalue weighted by Gasteiger charge is -2.37. The van der Waals surface area contributed by atoms with Crippen LogP contribution < -0.4 is 5.32 Å². The molecular weight excluding hydrogens is 348 g/mol. The number of halogens is 1. The molecule has 1 saturated heterocycles. The summed E-state index contributed by atoms with van der Waals surface area (Å²) in [6, 6.07) is 5.45. The normalized spacial score (nSPS) is 21.5. The first-order chi connectivity index (χ1) is 12.5. The number of benzene rings is 1. The molecular formula is C21H31ClN2O2. The van der Waals surface area contributed by atoms with Crippen LogP contribution in [0.25, 0.3) is 0 Å². The van der Waals surface area contributed by atoms with Crippen molar-refractivity contribution in [1.29, 1.82) is 0 Å². The summed E-state index contributed by atoms with van der Waals surface area (Å²) in [6.45, 7) is 5.75. The van der Waals surface area contributed by atoms with Gasteiger partial charge in [0.15, 0.2) is 0 Å². The molecule has 26 heavy (non-hydrogen) atoms. The highest BCUT2D eigenvalue weighted by Crippen LogP contribution is 2.26. The first-order valence-corrected chi connectivity index (χ1v) is 10.4. The van der Waals surface area contributed by atoms with Crippen LogP contribution in [0.4, 0.5) is 5.69 Å². The topological polar surface area (TPSA) is 41.6 Å². The van der Waals surface area contributed by atoms with Gasteiger partial charge in [-0.25, -0.2) is 0 Å². The number of likely N-dealkylation sites (tertiary alicyclic amines) is 1. The van der Waals surface area contributed by atoms with Gasteiger partial charge in [0.2, 0.25) is 5.91 Å². The van der Waals surface area contributed by atoms with Crippen molar-refractivity contribution >= 4 is 23.2 Å². The summed E-state index contributed by atoms with van der Waals surface area (Å²) in [6.07, 6.45) is 9.28. The number of nitrogens with one attached hydrogen (secondary N) is 1. The maximum absolute atomic E-state index is 12.6. The first kappa shape index (κ1) is 19.7. The van der Waals surface area contributed by atoms with E-state index in [-0.39, 0.29) is 11.9 Å². The molecule has 0 bridgehead atoms. The Morgan fingerprint density at radius 3 is 2.50 bits per heavy atom. The predicted molar refractivity (Wildman–Crippen MR) is 107 cm³/mol. The minimum absolute atomic E-state index is 0.0296. The van der Waals surface area contributed by atoms with Gasteiger partial charge >= 0.3 is 0 Å². The summed E-state index contributed by atoms with van der Waals surface area (Å²) in [5.74, 6) is 0.0296. The predicted octanol–water partition coefficient (Wildman–Crippen LogP) is 4.79. The lowest BCUT2D eigenvalue weighted by molar-refractivity contribution is -0.122. The molecule has 3 rings (SSSR count). The Labute approximate surface area is 162 Å². The highest BCUT2D eigenvalue weighted by Gasteiger charge is 2.29. The van der Waals surface area contributed by atoms with Crippen molar-refractivity contribution < 1.29 is 9.53 Å². The zero-order chi connectivity index (χ0) is 18.5. The molecule has 1 unspecified atom stereocenters. The second-order valence-electron chi connectivity index (χ2n) is 7.71. The van der Waals surface area contributed by atoms with Crippen molar-refractivity contribution in [2.45, 2.75) is 77.0 Å². The number of hydrogen-bond acceptors (Lipinski definition) is 3. The van der Waals surface area contributed by atoms with E-state index in [2.05, 4.69) is 10.2 Å². The van der Waals surface area contributed by atoms with Crippen LogP contribution in [-0.4, -0.2) is 42.1 Å². The van der Waals surface area contributed by atoms with Gasteiger partial charge in [0.1, 0.15) is 0 Å². The van der Waals surface area contributed by atoms with Crippen LogP contribution in [-0.2, 0) is 9.53 Å². The van der Waals surface area contributed by atoms with Gasteiger partial charge in [0.25, 0.3) is 0 Å². The molecule has 1 heterocycles. The summed E-state index contributed by atoms with van der Waals surface area (Å²) in [5.41, 5.74) is 1.71. The maximum Gasteiger partial charge on any atom is 0.241 e. The molecule has 1 saturated carbocycles. The number of amides is 1. The number of piperidine rings is 1. The molecule has 1 atom stereocenters. The van der Waals surface area contributed by atoms with E-state index < -0.39 is 0 Å². The van der Waals surface area contributed by atoms with Crippen molar-refractivity contribution in [3.63, 3.8) is 0 Å². The molecule has 4 nitrogen and oxygen atoms in total. The molecule has 1 aromatic carbocycles. The molecule has 0 radical (unpaired) electrons. The summed E-state index contributed by atoms with van der Waals surface area (Å²) in [4.78, 5) is 14.9. The lowest BCUT2D eigenvalue weighted by Crippen LogP contribution is -2.47. The van der Waals surface area contributed by atoms with E-state index >= 15 is 0 Å². The Hall–Kier alpha value is -1.10. The lowest BCUT2D eigenvalue weighted by atomic mass is 9.97. The van der Waals surface area contributed by atoms with Crippen LogP contribution in [0.1, 0.15) is 57.4 Å². The average Bonchev–Trinajstić information content (AvgIpc) is 2.66. The minimum atomic E-state index is -0.149. The van der Waals surface area contributed by atoms with Gasteiger partial charge in [-0.3, -0.25) is 9.69 Å². The van der Waals surface area contributed by atoms with Gasteiger partial charge in [-0.1, -0.05) is 36.9 Å². The highest BCUT2D eigenvalue weighted by molar-refractivity contribution is 6.31. The minimum Gasteiger partial charge on any atom is -0.375 e. The standard InChI is InChI=1S/C21H31ClN2O2/c1-15-19(22)9-6-10-20(15)23-21(25)16(2)24-13-11-18(12-14-24)26-17-7-4-3-5-8-17/h6,9-10,16-18H,3-5,7-8,11-14H2,1-2H3,(H,23,25). The number of carbonyl (C=O) groups excluding carboxylic acids is 1. The summed E-state index contributed by atoms with van der Waals surface area (Å²) >= 11 is 6.15. The largest absolute Gasteiger partial charge is 0.375 e. The van der Waals surface area contributed by atoms with E-state index in [1.165, 1.54) is 32.1 Å². The Bertz CT molecular complexity index is 608. The number of rotatable bonds is 5. The number of ether oxygens (including phenoxy) is 1. The molecule has 1 aliphatic carbocycles. The third kappa shape index (κ3) is 4.99. The van der Waals surface area contributed by atoms with Gasteiger partial charge in [-0.2, -0.15) is 0 Å². The number of nitrogens with zero attached hydrogens (tertiary/aromatic N) is 1. The van der Waals surface area contributed by atoms with Crippen molar-refractivity contribution in [1.82, 2.24) is 4.90 Å². The second kappa shape index (κ2) is 9.20. The van der Waals surface area contributed by atoms with Gasteiger partial charge < -0.3 is 10.1 Å². The van der Waals surface area contributed by atoms with Crippen LogP contribution in [0.15, 0.2) is 18.2 Å². The Morgan fingerprint density at radius 2 is 1.81 bits per heavy atom. The average molecular weight is 379 g/mol. The van der Waals surface area contributed by atoms with Gasteiger partial charge in [-0.15, -0.1) is 0 Å². The van der Waals surface area contributed by atoms with E-state index in [0.717, 1.165) is 37.2 Å². The number of hydrogen-bond donors (Lipinski definition) is 1. The number of anilines is 1. The van der Waals surface area contributed by atoms with E-state index in [1.807, 2.05) is 32.0 Å². The molecule has 144 valence electrons. The van der Waals surface area contributed by atoms with Crippen LogP contribution in [0.2, 0.25) is 5.02 Å². The number of carbonyl (C=O) groups is 1. The van der Waals surface area contributed by atoms with Crippen molar-refractivity contribution in [2.24, 2.45) is 0 Å². The van der Waals surface area contributed by atoms with Gasteiger partial charge in [0.05, 0.1) is 18.2 Å². The van der Waals surface area contributed by atoms with Crippen LogP contribution in [0.5, 0.6) is 0 Å².